The topological polar surface area (TPSA) is 69.9 Å². The van der Waals surface area contributed by atoms with Gasteiger partial charge in [-0.15, -0.1) is 5.10 Å². The van der Waals surface area contributed by atoms with Crippen molar-refractivity contribution in [2.24, 2.45) is 0 Å². The van der Waals surface area contributed by atoms with Gasteiger partial charge in [0.05, 0.1) is 11.8 Å². The molecule has 1 aromatic rings. The zero-order valence-electron chi connectivity index (χ0n) is 10.8. The molecule has 96 valence electrons. The van der Waals surface area contributed by atoms with Gasteiger partial charge in [0, 0.05) is 0 Å². The Morgan fingerprint density at radius 1 is 1.47 bits per heavy atom. The Kier molecular flexibility index (Phi) is 4.50. The summed E-state index contributed by atoms with van der Waals surface area (Å²) in [7, 11) is 0. The van der Waals surface area contributed by atoms with Gasteiger partial charge in [0.25, 0.3) is 0 Å². The van der Waals surface area contributed by atoms with Crippen LogP contribution in [0.4, 0.5) is 0 Å². The van der Waals surface area contributed by atoms with Crippen molar-refractivity contribution in [3.8, 4) is 0 Å². The Labute approximate surface area is 105 Å². The molecule has 0 radical (unpaired) electrons. The van der Waals surface area contributed by atoms with E-state index in [1.807, 2.05) is 34.6 Å². The number of thioether (sulfide) groups is 1. The molecule has 0 bridgehead atoms. The summed E-state index contributed by atoms with van der Waals surface area (Å²) in [5, 5.41) is 11.9. The monoisotopic (exact) mass is 258 g/mol. The number of aromatic nitrogens is 4. The van der Waals surface area contributed by atoms with Crippen molar-refractivity contribution in [2.45, 2.75) is 51.4 Å². The van der Waals surface area contributed by atoms with Crippen LogP contribution in [0.1, 0.15) is 40.7 Å². The number of carbonyl (C=O) groups is 1. The SMILES string of the molecule is CC(C)n1nnnc1SCC(=O)OC(C)(C)C. The minimum atomic E-state index is -0.457. The van der Waals surface area contributed by atoms with Crippen LogP contribution in [0.3, 0.4) is 0 Å². The minimum absolute atomic E-state index is 0.172. The molecule has 17 heavy (non-hydrogen) atoms. The molecule has 0 saturated carbocycles. The third-order valence-corrected chi connectivity index (χ3v) is 2.60. The van der Waals surface area contributed by atoms with E-state index in [0.29, 0.717) is 5.16 Å². The molecule has 0 unspecified atom stereocenters. The fourth-order valence-electron chi connectivity index (χ4n) is 1.10. The second kappa shape index (κ2) is 5.48. The fourth-order valence-corrected chi connectivity index (χ4v) is 1.88. The summed E-state index contributed by atoms with van der Waals surface area (Å²) in [6, 6.07) is 0.172. The van der Waals surface area contributed by atoms with E-state index in [9.17, 15) is 4.79 Å². The lowest BCUT2D eigenvalue weighted by Gasteiger charge is -2.19. The molecule has 0 aliphatic rings. The lowest BCUT2D eigenvalue weighted by atomic mass is 10.2. The van der Waals surface area contributed by atoms with Crippen LogP contribution in [-0.4, -0.2) is 37.5 Å². The predicted molar refractivity (Wildman–Crippen MR) is 64.8 cm³/mol. The van der Waals surface area contributed by atoms with E-state index in [1.165, 1.54) is 11.8 Å². The number of hydrogen-bond acceptors (Lipinski definition) is 6. The summed E-state index contributed by atoms with van der Waals surface area (Å²) in [5.74, 6) is -0.0505. The highest BCUT2D eigenvalue weighted by atomic mass is 32.2. The molecule has 0 aromatic carbocycles. The molecule has 1 rings (SSSR count). The van der Waals surface area contributed by atoms with Gasteiger partial charge in [0.15, 0.2) is 0 Å². The Hall–Kier alpha value is -1.11. The smallest absolute Gasteiger partial charge is 0.316 e. The summed E-state index contributed by atoms with van der Waals surface area (Å²) >= 11 is 1.28. The highest BCUT2D eigenvalue weighted by molar-refractivity contribution is 7.99. The second-order valence-corrected chi connectivity index (χ2v) is 5.82. The normalized spacial score (nSPS) is 11.9. The molecule has 7 heteroatoms. The summed E-state index contributed by atoms with van der Waals surface area (Å²) in [4.78, 5) is 11.5. The predicted octanol–water partition coefficient (Wildman–Crippen LogP) is 1.69. The van der Waals surface area contributed by atoms with Crippen LogP contribution >= 0.6 is 11.8 Å². The molecule has 1 aromatic heterocycles. The number of rotatable bonds is 4. The lowest BCUT2D eigenvalue weighted by molar-refractivity contribution is -0.151. The molecule has 0 fully saturated rings. The average Bonchev–Trinajstić information content (AvgIpc) is 2.59. The number of ether oxygens (including phenoxy) is 1. The zero-order valence-corrected chi connectivity index (χ0v) is 11.6. The van der Waals surface area contributed by atoms with Crippen molar-refractivity contribution in [2.75, 3.05) is 5.75 Å². The molecular formula is C10H18N4O2S. The first-order chi connectivity index (χ1) is 7.79. The maximum Gasteiger partial charge on any atom is 0.316 e. The van der Waals surface area contributed by atoms with Gasteiger partial charge in [-0.25, -0.2) is 4.68 Å². The van der Waals surface area contributed by atoms with Crippen molar-refractivity contribution in [1.29, 1.82) is 0 Å². The van der Waals surface area contributed by atoms with Crippen LogP contribution in [0.25, 0.3) is 0 Å². The van der Waals surface area contributed by atoms with Gasteiger partial charge >= 0.3 is 5.97 Å². The largest absolute Gasteiger partial charge is 0.459 e. The summed E-state index contributed by atoms with van der Waals surface area (Å²) < 4.78 is 6.87. The van der Waals surface area contributed by atoms with Gasteiger partial charge in [0.2, 0.25) is 5.16 Å². The van der Waals surface area contributed by atoms with Crippen molar-refractivity contribution in [3.05, 3.63) is 0 Å². The van der Waals surface area contributed by atoms with Crippen LogP contribution < -0.4 is 0 Å². The van der Waals surface area contributed by atoms with Gasteiger partial charge in [-0.05, 0) is 45.0 Å². The molecule has 0 N–H and O–H groups in total. The molecule has 0 aliphatic heterocycles. The lowest BCUT2D eigenvalue weighted by Crippen LogP contribution is -2.25. The third-order valence-electron chi connectivity index (χ3n) is 1.69. The first kappa shape index (κ1) is 14.0. The second-order valence-electron chi connectivity index (χ2n) is 4.87. The van der Waals surface area contributed by atoms with Crippen LogP contribution in [0.15, 0.2) is 5.16 Å². The van der Waals surface area contributed by atoms with Gasteiger partial charge in [-0.1, -0.05) is 11.8 Å². The van der Waals surface area contributed by atoms with Crippen molar-refractivity contribution < 1.29 is 9.53 Å². The molecule has 0 spiro atoms. The van der Waals surface area contributed by atoms with E-state index < -0.39 is 5.60 Å². The molecular weight excluding hydrogens is 240 g/mol. The Balaban J connectivity index is 2.50. The quantitative estimate of drug-likeness (QED) is 0.604. The van der Waals surface area contributed by atoms with Crippen LogP contribution in [0, 0.1) is 0 Å². The molecule has 0 aliphatic carbocycles. The van der Waals surface area contributed by atoms with E-state index in [4.69, 9.17) is 4.74 Å². The van der Waals surface area contributed by atoms with E-state index in [-0.39, 0.29) is 17.8 Å². The van der Waals surface area contributed by atoms with Gasteiger partial charge in [-0.2, -0.15) is 0 Å². The Bertz CT molecular complexity index is 384. The van der Waals surface area contributed by atoms with Crippen LogP contribution in [-0.2, 0) is 9.53 Å². The first-order valence-electron chi connectivity index (χ1n) is 5.42. The highest BCUT2D eigenvalue weighted by Crippen LogP contribution is 2.18. The maximum atomic E-state index is 11.5. The number of carbonyl (C=O) groups excluding carboxylic acids is 1. The molecule has 0 atom stereocenters. The average molecular weight is 258 g/mol. The van der Waals surface area contributed by atoms with E-state index in [2.05, 4.69) is 15.5 Å². The van der Waals surface area contributed by atoms with E-state index in [0.717, 1.165) is 0 Å². The maximum absolute atomic E-state index is 11.5. The Morgan fingerprint density at radius 3 is 2.65 bits per heavy atom. The van der Waals surface area contributed by atoms with E-state index in [1.54, 1.807) is 4.68 Å². The molecule has 6 nitrogen and oxygen atoms in total. The Morgan fingerprint density at radius 2 is 2.12 bits per heavy atom. The third kappa shape index (κ3) is 4.72. The number of tetrazole rings is 1. The minimum Gasteiger partial charge on any atom is -0.459 e. The van der Waals surface area contributed by atoms with Gasteiger partial charge in [0.1, 0.15) is 5.60 Å². The number of nitrogens with zero attached hydrogens (tertiary/aromatic N) is 4. The highest BCUT2D eigenvalue weighted by Gasteiger charge is 2.18. The van der Waals surface area contributed by atoms with Crippen LogP contribution in [0.5, 0.6) is 0 Å². The van der Waals surface area contributed by atoms with Gasteiger partial charge < -0.3 is 4.74 Å². The zero-order chi connectivity index (χ0) is 13.1. The number of esters is 1. The van der Waals surface area contributed by atoms with Crippen molar-refractivity contribution in [1.82, 2.24) is 20.2 Å². The summed E-state index contributed by atoms with van der Waals surface area (Å²) in [6.45, 7) is 9.48. The standard InChI is InChI=1S/C10H18N4O2S/c1-7(2)14-9(11-12-13-14)17-6-8(15)16-10(3,4)5/h7H,6H2,1-5H3. The van der Waals surface area contributed by atoms with E-state index >= 15 is 0 Å². The van der Waals surface area contributed by atoms with Crippen molar-refractivity contribution in [3.63, 3.8) is 0 Å². The fraction of sp³-hybridized carbons (Fsp3) is 0.800. The van der Waals surface area contributed by atoms with Gasteiger partial charge in [-0.3, -0.25) is 4.79 Å². The summed E-state index contributed by atoms with van der Waals surface area (Å²) in [6.07, 6.45) is 0. The van der Waals surface area contributed by atoms with Crippen LogP contribution in [0.2, 0.25) is 0 Å². The molecule has 0 amide bonds. The molecule has 1 heterocycles. The van der Waals surface area contributed by atoms with Crippen molar-refractivity contribution >= 4 is 17.7 Å². The molecule has 0 saturated heterocycles. The summed E-state index contributed by atoms with van der Waals surface area (Å²) in [5.41, 5.74) is -0.457. The number of hydrogen-bond donors (Lipinski definition) is 0. The first-order valence-corrected chi connectivity index (χ1v) is 6.40.